The average Bonchev–Trinajstić information content (AvgIpc) is 3.35. The number of rotatable bonds is 6. The highest BCUT2D eigenvalue weighted by atomic mass is 16.5. The first kappa shape index (κ1) is 20.0. The third-order valence-corrected chi connectivity index (χ3v) is 5.55. The average molecular weight is 409 g/mol. The van der Waals surface area contributed by atoms with Gasteiger partial charge in [-0.15, -0.1) is 0 Å². The van der Waals surface area contributed by atoms with E-state index < -0.39 is 0 Å². The Hall–Kier alpha value is -3.29. The number of hydrogen-bond donors (Lipinski definition) is 3. The van der Waals surface area contributed by atoms with Crippen LogP contribution < -0.4 is 10.1 Å². The topological polar surface area (TPSA) is 103 Å². The van der Waals surface area contributed by atoms with Gasteiger partial charge in [0.2, 0.25) is 11.8 Å². The van der Waals surface area contributed by atoms with E-state index in [1.807, 2.05) is 36.2 Å². The maximum absolute atomic E-state index is 13.1. The predicted molar refractivity (Wildman–Crippen MR) is 115 cm³/mol. The number of carbonyl (C=O) groups is 2. The summed E-state index contributed by atoms with van der Waals surface area (Å²) >= 11 is 0. The van der Waals surface area contributed by atoms with Crippen LogP contribution in [0.15, 0.2) is 30.6 Å². The molecule has 4 rings (SSSR count). The van der Waals surface area contributed by atoms with Crippen LogP contribution in [0.5, 0.6) is 5.75 Å². The van der Waals surface area contributed by atoms with Gasteiger partial charge in [-0.05, 0) is 37.5 Å². The lowest BCUT2D eigenvalue weighted by Gasteiger charge is -2.32. The van der Waals surface area contributed by atoms with Gasteiger partial charge in [0.1, 0.15) is 5.75 Å². The zero-order chi connectivity index (χ0) is 21.1. The number of fused-ring (bicyclic) bond motifs is 1. The molecule has 2 amide bonds. The molecule has 158 valence electrons. The van der Waals surface area contributed by atoms with E-state index in [1.165, 1.54) is 6.92 Å². The molecule has 0 saturated carbocycles. The van der Waals surface area contributed by atoms with E-state index in [0.29, 0.717) is 25.3 Å². The van der Waals surface area contributed by atoms with E-state index in [4.69, 9.17) is 4.74 Å². The van der Waals surface area contributed by atoms with Crippen molar-refractivity contribution in [3.8, 4) is 5.75 Å². The Balaban J connectivity index is 1.50. The third kappa shape index (κ3) is 4.03. The summed E-state index contributed by atoms with van der Waals surface area (Å²) in [6.45, 7) is 5.35. The van der Waals surface area contributed by atoms with Crippen molar-refractivity contribution in [2.45, 2.75) is 39.0 Å². The van der Waals surface area contributed by atoms with Crippen LogP contribution in [0.25, 0.3) is 10.9 Å². The number of aromatic nitrogens is 3. The number of benzene rings is 1. The second-order valence-corrected chi connectivity index (χ2v) is 7.66. The Morgan fingerprint density at radius 3 is 3.03 bits per heavy atom. The van der Waals surface area contributed by atoms with Crippen molar-refractivity contribution in [3.63, 3.8) is 0 Å². The maximum Gasteiger partial charge on any atom is 0.227 e. The summed E-state index contributed by atoms with van der Waals surface area (Å²) in [5.74, 6) is 0.875. The first-order valence-electron chi connectivity index (χ1n) is 10.4. The van der Waals surface area contributed by atoms with Gasteiger partial charge in [-0.1, -0.05) is 6.07 Å². The summed E-state index contributed by atoms with van der Waals surface area (Å²) in [5, 5.41) is 10.9. The molecule has 1 aliphatic heterocycles. The first-order valence-corrected chi connectivity index (χ1v) is 10.4. The van der Waals surface area contributed by atoms with Crippen molar-refractivity contribution >= 4 is 28.4 Å². The van der Waals surface area contributed by atoms with Crippen LogP contribution in [0.1, 0.15) is 43.9 Å². The van der Waals surface area contributed by atoms with Crippen molar-refractivity contribution in [1.82, 2.24) is 20.1 Å². The molecule has 3 N–H and O–H groups in total. The molecule has 1 aliphatic rings. The SMILES string of the molecule is CCOc1cccc2[nH]cc(CC(=O)N3CCCC(c4[nH]ncc4NC(C)=O)C3)c12. The van der Waals surface area contributed by atoms with Crippen molar-refractivity contribution in [1.29, 1.82) is 0 Å². The Morgan fingerprint density at radius 1 is 1.37 bits per heavy atom. The number of piperidine rings is 1. The highest BCUT2D eigenvalue weighted by Crippen LogP contribution is 2.32. The number of carbonyl (C=O) groups excluding carboxylic acids is 2. The number of nitrogens with zero attached hydrogens (tertiary/aromatic N) is 2. The normalized spacial score (nSPS) is 16.6. The number of anilines is 1. The molecular formula is C22H27N5O3. The summed E-state index contributed by atoms with van der Waals surface area (Å²) in [5.41, 5.74) is 3.49. The third-order valence-electron chi connectivity index (χ3n) is 5.55. The Labute approximate surface area is 175 Å². The zero-order valence-electron chi connectivity index (χ0n) is 17.3. The Kier molecular flexibility index (Phi) is 5.74. The minimum absolute atomic E-state index is 0.0903. The van der Waals surface area contributed by atoms with E-state index in [1.54, 1.807) is 6.20 Å². The lowest BCUT2D eigenvalue weighted by Crippen LogP contribution is -2.40. The minimum atomic E-state index is -0.133. The largest absolute Gasteiger partial charge is 0.493 e. The molecule has 1 atom stereocenters. The fraction of sp³-hybridized carbons (Fsp3) is 0.409. The monoisotopic (exact) mass is 409 g/mol. The highest BCUT2D eigenvalue weighted by Gasteiger charge is 2.28. The summed E-state index contributed by atoms with van der Waals surface area (Å²) in [6.07, 6.45) is 5.69. The van der Waals surface area contributed by atoms with Crippen LogP contribution in [0.3, 0.4) is 0 Å². The van der Waals surface area contributed by atoms with Crippen molar-refractivity contribution in [3.05, 3.63) is 41.9 Å². The van der Waals surface area contributed by atoms with Gasteiger partial charge in [0.15, 0.2) is 0 Å². The van der Waals surface area contributed by atoms with Gasteiger partial charge in [0.25, 0.3) is 0 Å². The molecule has 1 fully saturated rings. The first-order chi connectivity index (χ1) is 14.6. The van der Waals surface area contributed by atoms with Gasteiger partial charge in [-0.25, -0.2) is 0 Å². The van der Waals surface area contributed by atoms with Crippen molar-refractivity contribution < 1.29 is 14.3 Å². The molecule has 30 heavy (non-hydrogen) atoms. The van der Waals surface area contributed by atoms with Gasteiger partial charge in [0.05, 0.1) is 30.6 Å². The predicted octanol–water partition coefficient (Wildman–Crippen LogP) is 3.20. The number of nitrogens with one attached hydrogen (secondary N) is 3. The van der Waals surface area contributed by atoms with E-state index >= 15 is 0 Å². The number of hydrogen-bond acceptors (Lipinski definition) is 4. The molecule has 8 heteroatoms. The maximum atomic E-state index is 13.1. The zero-order valence-corrected chi connectivity index (χ0v) is 17.3. The number of ether oxygens (including phenoxy) is 1. The fourth-order valence-corrected chi connectivity index (χ4v) is 4.25. The van der Waals surface area contributed by atoms with Gasteiger partial charge >= 0.3 is 0 Å². The van der Waals surface area contributed by atoms with Gasteiger partial charge in [-0.3, -0.25) is 14.7 Å². The second-order valence-electron chi connectivity index (χ2n) is 7.66. The number of H-pyrrole nitrogens is 2. The van der Waals surface area contributed by atoms with E-state index in [-0.39, 0.29) is 17.7 Å². The van der Waals surface area contributed by atoms with Gasteiger partial charge in [0, 0.05) is 43.0 Å². The van der Waals surface area contributed by atoms with Crippen molar-refractivity contribution in [2.75, 3.05) is 25.0 Å². The quantitative estimate of drug-likeness (QED) is 0.582. The van der Waals surface area contributed by atoms with E-state index in [9.17, 15) is 9.59 Å². The fourth-order valence-electron chi connectivity index (χ4n) is 4.25. The Bertz CT molecular complexity index is 1050. The van der Waals surface area contributed by atoms with Crippen LogP contribution in [0.2, 0.25) is 0 Å². The molecule has 1 saturated heterocycles. The molecule has 3 heterocycles. The molecule has 3 aromatic rings. The lowest BCUT2D eigenvalue weighted by molar-refractivity contribution is -0.131. The molecule has 8 nitrogen and oxygen atoms in total. The highest BCUT2D eigenvalue weighted by molar-refractivity contribution is 5.93. The van der Waals surface area contributed by atoms with Gasteiger partial charge in [-0.2, -0.15) is 5.10 Å². The number of amides is 2. The summed E-state index contributed by atoms with van der Waals surface area (Å²) < 4.78 is 5.77. The van der Waals surface area contributed by atoms with Crippen LogP contribution in [0, 0.1) is 0 Å². The standard InChI is InChI=1S/C22H27N5O3/c1-3-30-19-8-4-7-17-21(19)16(11-23-17)10-20(29)27-9-5-6-15(13-27)22-18(12-24-26-22)25-14(2)28/h4,7-8,11-12,15,23H,3,5-6,9-10,13H2,1-2H3,(H,24,26)(H,25,28). The summed E-state index contributed by atoms with van der Waals surface area (Å²) in [7, 11) is 0. The van der Waals surface area contributed by atoms with Crippen molar-refractivity contribution in [2.24, 2.45) is 0 Å². The summed E-state index contributed by atoms with van der Waals surface area (Å²) in [6, 6.07) is 5.87. The van der Waals surface area contributed by atoms with E-state index in [2.05, 4.69) is 20.5 Å². The lowest BCUT2D eigenvalue weighted by atomic mass is 9.93. The molecular weight excluding hydrogens is 382 g/mol. The molecule has 0 bridgehead atoms. The smallest absolute Gasteiger partial charge is 0.227 e. The van der Waals surface area contributed by atoms with Crippen LogP contribution in [0.4, 0.5) is 5.69 Å². The van der Waals surface area contributed by atoms with Gasteiger partial charge < -0.3 is 19.9 Å². The molecule has 2 aromatic heterocycles. The van der Waals surface area contributed by atoms with Crippen LogP contribution >= 0.6 is 0 Å². The van der Waals surface area contributed by atoms with E-state index in [0.717, 1.165) is 47.3 Å². The molecule has 0 spiro atoms. The second kappa shape index (κ2) is 8.61. The number of aromatic amines is 2. The minimum Gasteiger partial charge on any atom is -0.493 e. The summed E-state index contributed by atoms with van der Waals surface area (Å²) in [4.78, 5) is 29.7. The van der Waals surface area contributed by atoms with Crippen LogP contribution in [-0.2, 0) is 16.0 Å². The molecule has 0 radical (unpaired) electrons. The molecule has 1 aromatic carbocycles. The number of likely N-dealkylation sites (tertiary alicyclic amines) is 1. The molecule has 0 aliphatic carbocycles. The Morgan fingerprint density at radius 2 is 2.23 bits per heavy atom. The molecule has 1 unspecified atom stereocenters. The van der Waals surface area contributed by atoms with Crippen LogP contribution in [-0.4, -0.2) is 51.6 Å².